The van der Waals surface area contributed by atoms with Gasteiger partial charge in [0, 0.05) is 24.2 Å². The average Bonchev–Trinajstić information content (AvgIpc) is 2.56. The molecule has 2 aromatic carbocycles. The number of hydrogen-bond donors (Lipinski definition) is 2. The van der Waals surface area contributed by atoms with Crippen molar-refractivity contribution in [1.82, 2.24) is 4.90 Å². The molecule has 6 heteroatoms. The third-order valence-corrected chi connectivity index (χ3v) is 3.66. The smallest absolute Gasteiger partial charge is 0.258 e. The molecule has 0 aliphatic carbocycles. The quantitative estimate of drug-likeness (QED) is 0.788. The van der Waals surface area contributed by atoms with E-state index in [4.69, 9.17) is 11.5 Å². The Morgan fingerprint density at radius 2 is 1.50 bits per heavy atom. The number of hydrogen-bond acceptors (Lipinski definition) is 4. The van der Waals surface area contributed by atoms with Crippen molar-refractivity contribution in [3.05, 3.63) is 59.7 Å². The Kier molecular flexibility index (Phi) is 5.55. The summed E-state index contributed by atoms with van der Waals surface area (Å²) in [6, 6.07) is 13.6. The Labute approximate surface area is 141 Å². The fourth-order valence-electron chi connectivity index (χ4n) is 2.30. The lowest BCUT2D eigenvalue weighted by atomic mass is 10.1. The van der Waals surface area contributed by atoms with E-state index >= 15 is 0 Å². The molecule has 2 aromatic rings. The molecular formula is C18H22N4O2. The van der Waals surface area contributed by atoms with Crippen molar-refractivity contribution in [2.45, 2.75) is 0 Å². The number of nitrogen functional groups attached to an aromatic ring is 1. The number of nitrogens with zero attached hydrogens (tertiary/aromatic N) is 2. The summed E-state index contributed by atoms with van der Waals surface area (Å²) in [6.45, 7) is 1.19. The topological polar surface area (TPSA) is 92.7 Å². The van der Waals surface area contributed by atoms with Crippen molar-refractivity contribution in [3.63, 3.8) is 0 Å². The number of carbonyl (C=O) groups is 2. The van der Waals surface area contributed by atoms with Crippen molar-refractivity contribution in [1.29, 1.82) is 0 Å². The predicted molar refractivity (Wildman–Crippen MR) is 96.0 cm³/mol. The molecule has 0 aliphatic heterocycles. The summed E-state index contributed by atoms with van der Waals surface area (Å²) in [5, 5.41) is 0. The van der Waals surface area contributed by atoms with E-state index in [1.807, 2.05) is 37.2 Å². The minimum absolute atomic E-state index is 0.175. The highest BCUT2D eigenvalue weighted by Gasteiger charge is 2.19. The van der Waals surface area contributed by atoms with E-state index in [2.05, 4.69) is 0 Å². The van der Waals surface area contributed by atoms with Crippen molar-refractivity contribution >= 4 is 23.2 Å². The van der Waals surface area contributed by atoms with E-state index in [1.165, 1.54) is 0 Å². The van der Waals surface area contributed by atoms with Crippen LogP contribution in [0.5, 0.6) is 0 Å². The molecule has 0 aliphatic rings. The van der Waals surface area contributed by atoms with Crippen LogP contribution >= 0.6 is 0 Å². The van der Waals surface area contributed by atoms with Crippen LogP contribution in [0.4, 0.5) is 11.4 Å². The Balaban J connectivity index is 2.33. The lowest BCUT2D eigenvalue weighted by Gasteiger charge is -2.26. The lowest BCUT2D eigenvalue weighted by molar-refractivity contribution is 0.0979. The molecule has 2 rings (SSSR count). The first-order chi connectivity index (χ1) is 11.4. The third-order valence-electron chi connectivity index (χ3n) is 3.66. The molecule has 0 spiro atoms. The third kappa shape index (κ3) is 4.11. The molecule has 0 atom stereocenters. The second-order valence-corrected chi connectivity index (χ2v) is 5.76. The Bertz CT molecular complexity index is 726. The number of carbonyl (C=O) groups excluding carboxylic acids is 2. The maximum absolute atomic E-state index is 12.9. The van der Waals surface area contributed by atoms with E-state index in [0.717, 1.165) is 0 Å². The maximum atomic E-state index is 12.9. The second kappa shape index (κ2) is 7.61. The van der Waals surface area contributed by atoms with Crippen molar-refractivity contribution in [2.24, 2.45) is 5.73 Å². The van der Waals surface area contributed by atoms with E-state index in [9.17, 15) is 9.59 Å². The first-order valence-electron chi connectivity index (χ1n) is 7.61. The summed E-state index contributed by atoms with van der Waals surface area (Å²) in [5.74, 6) is -0.698. The first-order valence-corrected chi connectivity index (χ1v) is 7.61. The highest BCUT2D eigenvalue weighted by molar-refractivity contribution is 6.08. The molecule has 24 heavy (non-hydrogen) atoms. The van der Waals surface area contributed by atoms with Gasteiger partial charge in [-0.15, -0.1) is 0 Å². The number of benzene rings is 2. The van der Waals surface area contributed by atoms with Crippen LogP contribution in [0.1, 0.15) is 20.7 Å². The number of rotatable bonds is 6. The highest BCUT2D eigenvalue weighted by atomic mass is 16.2. The van der Waals surface area contributed by atoms with Gasteiger partial charge in [-0.25, -0.2) is 0 Å². The van der Waals surface area contributed by atoms with Crippen LogP contribution in [-0.4, -0.2) is 43.9 Å². The number of primary amides is 1. The molecule has 0 saturated heterocycles. The molecule has 0 saturated carbocycles. The van der Waals surface area contributed by atoms with Gasteiger partial charge in [0.2, 0.25) is 5.91 Å². The molecule has 6 nitrogen and oxygen atoms in total. The van der Waals surface area contributed by atoms with Crippen LogP contribution in [0.2, 0.25) is 0 Å². The van der Waals surface area contributed by atoms with Crippen LogP contribution in [-0.2, 0) is 0 Å². The highest BCUT2D eigenvalue weighted by Crippen LogP contribution is 2.24. The Hall–Kier alpha value is -2.86. The molecule has 0 aromatic heterocycles. The monoisotopic (exact) mass is 326 g/mol. The lowest BCUT2D eigenvalue weighted by Crippen LogP contribution is -2.37. The van der Waals surface area contributed by atoms with E-state index in [1.54, 1.807) is 35.2 Å². The molecule has 0 fully saturated rings. The van der Waals surface area contributed by atoms with E-state index in [-0.39, 0.29) is 5.91 Å². The molecule has 0 bridgehead atoms. The van der Waals surface area contributed by atoms with Gasteiger partial charge in [-0.05, 0) is 50.5 Å². The molecule has 2 amide bonds. The summed E-state index contributed by atoms with van der Waals surface area (Å²) < 4.78 is 0. The van der Waals surface area contributed by atoms with Crippen LogP contribution in [0.15, 0.2) is 48.5 Å². The van der Waals surface area contributed by atoms with Gasteiger partial charge in [0.15, 0.2) is 0 Å². The van der Waals surface area contributed by atoms with Gasteiger partial charge < -0.3 is 21.3 Å². The summed E-state index contributed by atoms with van der Waals surface area (Å²) in [7, 11) is 3.89. The fourth-order valence-corrected chi connectivity index (χ4v) is 2.30. The van der Waals surface area contributed by atoms with Gasteiger partial charge in [0.25, 0.3) is 5.91 Å². The van der Waals surface area contributed by atoms with Gasteiger partial charge in [0.05, 0.1) is 11.4 Å². The molecule has 0 heterocycles. The SMILES string of the molecule is CN(C)CCN(C(=O)c1ccc(C(N)=O)cc1)c1ccccc1N. The van der Waals surface area contributed by atoms with E-state index in [0.29, 0.717) is 35.6 Å². The average molecular weight is 326 g/mol. The normalized spacial score (nSPS) is 10.6. The number of nitrogens with two attached hydrogens (primary N) is 2. The zero-order valence-corrected chi connectivity index (χ0v) is 13.9. The van der Waals surface area contributed by atoms with Crippen molar-refractivity contribution < 1.29 is 9.59 Å². The molecular weight excluding hydrogens is 304 g/mol. The summed E-state index contributed by atoms with van der Waals surface area (Å²) in [5.41, 5.74) is 13.3. The predicted octanol–water partition coefficient (Wildman–Crippen LogP) is 1.58. The molecule has 0 radical (unpaired) electrons. The van der Waals surface area contributed by atoms with Crippen LogP contribution < -0.4 is 16.4 Å². The molecule has 126 valence electrons. The van der Waals surface area contributed by atoms with E-state index < -0.39 is 5.91 Å². The fraction of sp³-hybridized carbons (Fsp3) is 0.222. The Morgan fingerprint density at radius 1 is 0.917 bits per heavy atom. The number of amides is 2. The summed E-state index contributed by atoms with van der Waals surface area (Å²) in [4.78, 5) is 27.7. The van der Waals surface area contributed by atoms with Crippen molar-refractivity contribution in [3.8, 4) is 0 Å². The number of anilines is 2. The maximum Gasteiger partial charge on any atom is 0.258 e. The summed E-state index contributed by atoms with van der Waals surface area (Å²) in [6.07, 6.45) is 0. The largest absolute Gasteiger partial charge is 0.397 e. The van der Waals surface area contributed by atoms with Gasteiger partial charge in [-0.2, -0.15) is 0 Å². The standard InChI is InChI=1S/C18H22N4O2/c1-21(2)11-12-22(16-6-4-3-5-15(16)19)18(24)14-9-7-13(8-10-14)17(20)23/h3-10H,11-12,19H2,1-2H3,(H2,20,23). The van der Waals surface area contributed by atoms with Crippen LogP contribution in [0, 0.1) is 0 Å². The van der Waals surface area contributed by atoms with Gasteiger partial charge in [0.1, 0.15) is 0 Å². The van der Waals surface area contributed by atoms with Gasteiger partial charge in [-0.1, -0.05) is 12.1 Å². The number of para-hydroxylation sites is 2. The zero-order valence-electron chi connectivity index (χ0n) is 13.9. The summed E-state index contributed by atoms with van der Waals surface area (Å²) >= 11 is 0. The molecule has 4 N–H and O–H groups in total. The second-order valence-electron chi connectivity index (χ2n) is 5.76. The zero-order chi connectivity index (χ0) is 17.7. The minimum Gasteiger partial charge on any atom is -0.397 e. The van der Waals surface area contributed by atoms with Crippen LogP contribution in [0.3, 0.4) is 0 Å². The van der Waals surface area contributed by atoms with Gasteiger partial charge >= 0.3 is 0 Å². The van der Waals surface area contributed by atoms with Crippen molar-refractivity contribution in [2.75, 3.05) is 37.8 Å². The number of likely N-dealkylation sites (N-methyl/N-ethyl adjacent to an activating group) is 1. The van der Waals surface area contributed by atoms with Gasteiger partial charge in [-0.3, -0.25) is 9.59 Å². The minimum atomic E-state index is -0.522. The van der Waals surface area contributed by atoms with Crippen LogP contribution in [0.25, 0.3) is 0 Å². The Morgan fingerprint density at radius 3 is 2.04 bits per heavy atom. The first kappa shape index (κ1) is 17.5. The molecule has 0 unspecified atom stereocenters.